The third-order valence-electron chi connectivity index (χ3n) is 15.8. The number of hydrogen-bond acceptors (Lipinski definition) is 9. The maximum Gasteiger partial charge on any atom is 0.519 e. The Hall–Kier alpha value is -3.37. The lowest BCUT2D eigenvalue weighted by Gasteiger charge is -2.63. The van der Waals surface area contributed by atoms with Gasteiger partial charge >= 0.3 is 6.16 Å². The summed E-state index contributed by atoms with van der Waals surface area (Å²) in [6.07, 6.45) is 9.32. The summed E-state index contributed by atoms with van der Waals surface area (Å²) in [5.74, 6) is 3.17. The van der Waals surface area contributed by atoms with Gasteiger partial charge in [-0.1, -0.05) is 25.3 Å². The highest BCUT2D eigenvalue weighted by Crippen LogP contribution is 2.68. The van der Waals surface area contributed by atoms with Crippen LogP contribution in [0.25, 0.3) is 0 Å². The minimum absolute atomic E-state index is 0.0331. The number of ether oxygens (including phenoxy) is 4. The van der Waals surface area contributed by atoms with E-state index in [0.717, 1.165) is 97.1 Å². The van der Waals surface area contributed by atoms with E-state index in [-0.39, 0.29) is 24.3 Å². The molecule has 2 saturated heterocycles. The van der Waals surface area contributed by atoms with E-state index in [1.54, 1.807) is 0 Å². The predicted octanol–water partition coefficient (Wildman–Crippen LogP) is 5.51. The third-order valence-corrected chi connectivity index (χ3v) is 15.8. The van der Waals surface area contributed by atoms with Crippen LogP contribution in [0.5, 0.6) is 23.0 Å². The van der Waals surface area contributed by atoms with Crippen molar-refractivity contribution in [2.24, 2.45) is 11.8 Å². The van der Waals surface area contributed by atoms with Crippen LogP contribution in [0.2, 0.25) is 0 Å². The average Bonchev–Trinajstić information content (AvgIpc) is 4.05. The lowest BCUT2D eigenvalue weighted by atomic mass is 9.48. The van der Waals surface area contributed by atoms with Gasteiger partial charge in [-0.15, -0.1) is 0 Å². The van der Waals surface area contributed by atoms with Crippen molar-refractivity contribution in [3.8, 4) is 23.0 Å². The molecular formula is C43H48N2O7. The van der Waals surface area contributed by atoms with Crippen molar-refractivity contribution < 1.29 is 34.0 Å². The Balaban J connectivity index is 0.879. The van der Waals surface area contributed by atoms with Crippen LogP contribution in [0.3, 0.4) is 0 Å². The van der Waals surface area contributed by atoms with Gasteiger partial charge in [0.05, 0.1) is 22.0 Å². The molecule has 0 amide bonds. The van der Waals surface area contributed by atoms with E-state index in [1.165, 1.54) is 25.7 Å². The van der Waals surface area contributed by atoms with E-state index in [4.69, 9.17) is 18.9 Å². The first-order chi connectivity index (χ1) is 25.1. The minimum Gasteiger partial charge on any atom is -0.481 e. The number of rotatable bonds is 6. The molecular weight excluding hydrogens is 656 g/mol. The average molecular weight is 705 g/mol. The van der Waals surface area contributed by atoms with Crippen LogP contribution in [0.4, 0.5) is 4.79 Å². The molecule has 2 aromatic carbocycles. The van der Waals surface area contributed by atoms with E-state index >= 15 is 0 Å². The summed E-state index contributed by atoms with van der Waals surface area (Å²) in [5.41, 5.74) is 3.19. The van der Waals surface area contributed by atoms with Crippen LogP contribution >= 0.6 is 0 Å². The lowest BCUT2D eigenvalue weighted by Crippen LogP contribution is -2.75. The summed E-state index contributed by atoms with van der Waals surface area (Å²) in [6, 6.07) is 7.84. The van der Waals surface area contributed by atoms with Gasteiger partial charge in [-0.05, 0) is 136 Å². The van der Waals surface area contributed by atoms with Gasteiger partial charge in [-0.25, -0.2) is 4.79 Å². The number of carbonyl (C=O) groups is 1. The van der Waals surface area contributed by atoms with Crippen molar-refractivity contribution in [3.05, 3.63) is 70.8 Å². The Morgan fingerprint density at radius 2 is 1.15 bits per heavy atom. The van der Waals surface area contributed by atoms with E-state index in [9.17, 15) is 15.0 Å². The Morgan fingerprint density at radius 3 is 1.58 bits per heavy atom. The van der Waals surface area contributed by atoms with Gasteiger partial charge in [0.25, 0.3) is 0 Å². The third kappa shape index (κ3) is 3.67. The number of benzene rings is 2. The molecule has 4 saturated carbocycles. The molecule has 52 heavy (non-hydrogen) atoms. The van der Waals surface area contributed by atoms with Gasteiger partial charge in [0, 0.05) is 36.3 Å². The first-order valence-corrected chi connectivity index (χ1v) is 20.0. The zero-order chi connectivity index (χ0) is 34.9. The Labute approximate surface area is 304 Å². The first-order valence-electron chi connectivity index (χ1n) is 20.0. The minimum atomic E-state index is -0.941. The maximum absolute atomic E-state index is 13.8. The molecule has 10 aliphatic rings. The molecule has 2 N–H and O–H groups in total. The van der Waals surface area contributed by atoms with Crippen LogP contribution in [0.15, 0.2) is 48.6 Å². The van der Waals surface area contributed by atoms with E-state index in [2.05, 4.69) is 35.1 Å². The Morgan fingerprint density at radius 1 is 0.712 bits per heavy atom. The highest BCUT2D eigenvalue weighted by atomic mass is 16.7. The normalized spacial score (nSPS) is 40.4. The highest BCUT2D eigenvalue weighted by Gasteiger charge is 2.73. The molecule has 9 nitrogen and oxygen atoms in total. The Bertz CT molecular complexity index is 1860. The van der Waals surface area contributed by atoms with Crippen molar-refractivity contribution in [2.45, 2.75) is 123 Å². The molecule has 8 atom stereocenters. The topological polar surface area (TPSA) is 101 Å². The van der Waals surface area contributed by atoms with Crippen LogP contribution < -0.4 is 18.9 Å². The first kappa shape index (κ1) is 31.0. The van der Waals surface area contributed by atoms with Crippen molar-refractivity contribution in [1.29, 1.82) is 0 Å². The number of nitrogens with zero attached hydrogens (tertiary/aromatic N) is 2. The summed E-state index contributed by atoms with van der Waals surface area (Å²) < 4.78 is 25.6. The summed E-state index contributed by atoms with van der Waals surface area (Å²) in [5, 5.41) is 25.5. The molecule has 4 bridgehead atoms. The van der Waals surface area contributed by atoms with Crippen LogP contribution in [-0.4, -0.2) is 87.8 Å². The molecule has 6 aliphatic carbocycles. The molecule has 4 aliphatic heterocycles. The van der Waals surface area contributed by atoms with E-state index in [0.29, 0.717) is 48.7 Å². The fourth-order valence-electron chi connectivity index (χ4n) is 13.1. The van der Waals surface area contributed by atoms with Crippen molar-refractivity contribution >= 4 is 6.16 Å². The summed E-state index contributed by atoms with van der Waals surface area (Å²) in [4.78, 5) is 18.9. The second-order valence-electron chi connectivity index (χ2n) is 18.2. The molecule has 272 valence electrons. The molecule has 1 unspecified atom stereocenters. The van der Waals surface area contributed by atoms with Gasteiger partial charge in [0.2, 0.25) is 0 Å². The second-order valence-corrected chi connectivity index (χ2v) is 18.2. The van der Waals surface area contributed by atoms with Gasteiger partial charge in [-0.3, -0.25) is 9.80 Å². The molecule has 2 spiro atoms. The van der Waals surface area contributed by atoms with Gasteiger partial charge in [0.15, 0.2) is 23.0 Å². The quantitative estimate of drug-likeness (QED) is 0.229. The summed E-state index contributed by atoms with van der Waals surface area (Å²) in [6.45, 7) is 12.8. The monoisotopic (exact) mass is 704 g/mol. The molecule has 0 aromatic heterocycles. The fraction of sp³-hybridized carbons (Fsp3) is 0.605. The number of hydrogen-bond donors (Lipinski definition) is 2. The molecule has 0 radical (unpaired) electrons. The highest BCUT2D eigenvalue weighted by molar-refractivity contribution is 5.74. The lowest BCUT2D eigenvalue weighted by molar-refractivity contribution is -0.174. The van der Waals surface area contributed by atoms with Gasteiger partial charge in [0.1, 0.15) is 12.2 Å². The van der Waals surface area contributed by atoms with E-state index in [1.807, 2.05) is 12.1 Å². The van der Waals surface area contributed by atoms with Gasteiger partial charge < -0.3 is 29.2 Å². The zero-order valence-corrected chi connectivity index (χ0v) is 29.8. The zero-order valence-electron chi connectivity index (χ0n) is 29.8. The smallest absolute Gasteiger partial charge is 0.481 e. The SMILES string of the molecule is C=C1CC[C@@]2(O)C3Cc4ccc(OC(=O)Oc5ccc6c7c5O[C@H]5C(=C)CC[C@@]8(O)[C@@H](C6)N(CC6CC6)CC[C@]758)c5c4[C@@]2(CCN3CC2CC2)[C@H]1O5. The number of piperidine rings is 2. The molecule has 4 heterocycles. The second kappa shape index (κ2) is 10.0. The van der Waals surface area contributed by atoms with E-state index < -0.39 is 28.2 Å². The van der Waals surface area contributed by atoms with Gasteiger partial charge in [-0.2, -0.15) is 0 Å². The standard InChI is InChI=1S/C43H48N2O7/c1-23-11-13-42(47)31-19-27-7-9-29(35-33(27)40(42,37(23)51-35)15-17-44(31)21-25-3-4-25)49-39(46)50-30-10-8-28-20-32-43(48)14-12-24(2)38-41(43,34(28)36(30)52-38)16-18-45(32)22-26-5-6-26/h7-10,25-26,31-32,37-38,47-48H,1-6,11-22H2/t31-,32?,37+,38+,40+,41+,42-,43-/m1/s1. The van der Waals surface area contributed by atoms with Crippen molar-refractivity contribution in [3.63, 3.8) is 0 Å². The van der Waals surface area contributed by atoms with Crippen molar-refractivity contribution in [2.75, 3.05) is 26.2 Å². The predicted molar refractivity (Wildman–Crippen MR) is 191 cm³/mol. The number of carbonyl (C=O) groups excluding carboxylic acids is 1. The Kier molecular flexibility index (Phi) is 5.98. The molecule has 12 rings (SSSR count). The molecule has 2 aromatic rings. The van der Waals surface area contributed by atoms with Crippen LogP contribution in [-0.2, 0) is 23.7 Å². The largest absolute Gasteiger partial charge is 0.519 e. The molecule has 6 fully saturated rings. The van der Waals surface area contributed by atoms with Crippen molar-refractivity contribution in [1.82, 2.24) is 9.80 Å². The van der Waals surface area contributed by atoms with Crippen LogP contribution in [0, 0.1) is 11.8 Å². The number of likely N-dealkylation sites (tertiary alicyclic amines) is 2. The molecule has 9 heteroatoms. The fourth-order valence-corrected chi connectivity index (χ4v) is 13.1. The number of aliphatic hydroxyl groups is 2. The summed E-state index contributed by atoms with van der Waals surface area (Å²) in [7, 11) is 0. The van der Waals surface area contributed by atoms with Crippen LogP contribution in [0.1, 0.15) is 86.5 Å². The summed E-state index contributed by atoms with van der Waals surface area (Å²) >= 11 is 0. The maximum atomic E-state index is 13.8.